The van der Waals surface area contributed by atoms with Crippen molar-refractivity contribution < 1.29 is 22.8 Å². The van der Waals surface area contributed by atoms with Gasteiger partial charge < -0.3 is 22.8 Å². The second kappa shape index (κ2) is 7.82. The van der Waals surface area contributed by atoms with E-state index < -0.39 is 6.10 Å². The first-order valence-electron chi connectivity index (χ1n) is 5.80. The van der Waals surface area contributed by atoms with Crippen molar-refractivity contribution in [2.24, 2.45) is 0 Å². The molecule has 0 aliphatic rings. The Hall–Kier alpha value is -1.42. The van der Waals surface area contributed by atoms with Crippen LogP contribution in [-0.4, -0.2) is 16.6 Å². The third-order valence-corrected chi connectivity index (χ3v) is 2.70. The predicted octanol–water partition coefficient (Wildman–Crippen LogP) is -2.12. The minimum Gasteiger partial charge on any atom is -1.00 e. The van der Waals surface area contributed by atoms with E-state index in [4.69, 9.17) is 0 Å². The van der Waals surface area contributed by atoms with Gasteiger partial charge in [-0.2, -0.15) is 0 Å². The maximum atomic E-state index is 9.95. The van der Waals surface area contributed by atoms with Gasteiger partial charge in [-0.05, 0) is 17.7 Å². The Bertz CT molecular complexity index is 436. The van der Waals surface area contributed by atoms with Gasteiger partial charge >= 0.3 is 0 Å². The fourth-order valence-corrected chi connectivity index (χ4v) is 1.74. The van der Waals surface area contributed by atoms with E-state index in [1.54, 1.807) is 12.4 Å². The van der Waals surface area contributed by atoms with Crippen LogP contribution in [0, 0.1) is 0 Å². The summed E-state index contributed by atoms with van der Waals surface area (Å²) in [5.41, 5.74) is 2.19. The minimum absolute atomic E-state index is 0. The molecule has 0 bridgehead atoms. The normalized spacial score (nSPS) is 11.6. The van der Waals surface area contributed by atoms with Crippen molar-refractivity contribution in [3.63, 3.8) is 0 Å². The van der Waals surface area contributed by atoms with Gasteiger partial charge in [-0.25, -0.2) is 0 Å². The summed E-state index contributed by atoms with van der Waals surface area (Å²) >= 11 is 0. The lowest BCUT2D eigenvalue weighted by Gasteiger charge is -2.09. The minimum atomic E-state index is -0.405. The maximum Gasteiger partial charge on any atom is 0.128 e. The summed E-state index contributed by atoms with van der Waals surface area (Å²) in [6.07, 6.45) is 3.17. The number of hydrogen-bond acceptors (Lipinski definition) is 2. The second-order valence-electron chi connectivity index (χ2n) is 4.01. The zero-order valence-electron chi connectivity index (χ0n) is 10.0. The van der Waals surface area contributed by atoms with Gasteiger partial charge in [0.2, 0.25) is 0 Å². The number of pyridine rings is 1. The van der Waals surface area contributed by atoms with Gasteiger partial charge in [0.25, 0.3) is 0 Å². The highest BCUT2D eigenvalue weighted by Crippen LogP contribution is 2.09. The molecule has 0 saturated carbocycles. The van der Waals surface area contributed by atoms with Gasteiger partial charge in [0.15, 0.2) is 0 Å². The van der Waals surface area contributed by atoms with Gasteiger partial charge in [0, 0.05) is 18.0 Å². The molecule has 1 atom stereocenters. The molecule has 1 aromatic heterocycles. The summed E-state index contributed by atoms with van der Waals surface area (Å²) < 4.78 is 0. The molecule has 0 saturated heterocycles. The summed E-state index contributed by atoms with van der Waals surface area (Å²) in [5, 5.41) is 12.1. The lowest BCUT2D eigenvalue weighted by Crippen LogP contribution is -3.00. The van der Waals surface area contributed by atoms with Gasteiger partial charge in [-0.3, -0.25) is 4.98 Å². The third-order valence-electron chi connectivity index (χ3n) is 2.70. The Morgan fingerprint density at radius 2 is 1.72 bits per heavy atom. The number of aromatic nitrogens is 1. The summed E-state index contributed by atoms with van der Waals surface area (Å²) in [7, 11) is 0. The average Bonchev–Trinajstić information content (AvgIpc) is 2.41. The van der Waals surface area contributed by atoms with Gasteiger partial charge in [-0.1, -0.05) is 30.3 Å². The summed E-state index contributed by atoms with van der Waals surface area (Å²) in [4.78, 5) is 3.97. The molecule has 1 aromatic carbocycles. The number of aliphatic hydroxyl groups excluding tert-OH is 1. The Kier molecular flexibility index (Phi) is 6.36. The largest absolute Gasteiger partial charge is 1.00 e. The molecule has 2 aromatic rings. The third kappa shape index (κ3) is 4.45. The first-order valence-corrected chi connectivity index (χ1v) is 5.80. The molecule has 18 heavy (non-hydrogen) atoms. The highest BCUT2D eigenvalue weighted by Gasteiger charge is 2.08. The van der Waals surface area contributed by atoms with Crippen LogP contribution in [0.15, 0.2) is 54.9 Å². The molecule has 1 unspecified atom stereocenters. The Labute approximate surface area is 113 Å². The van der Waals surface area contributed by atoms with Crippen molar-refractivity contribution in [1.29, 1.82) is 0 Å². The number of hydrogen-bond donors (Lipinski definition) is 2. The molecule has 0 radical (unpaired) electrons. The van der Waals surface area contributed by atoms with E-state index in [2.05, 4.69) is 10.3 Å². The van der Waals surface area contributed by atoms with E-state index in [1.807, 2.05) is 42.5 Å². The van der Waals surface area contributed by atoms with Crippen LogP contribution in [0.25, 0.3) is 0 Å². The first kappa shape index (κ1) is 14.6. The summed E-state index contributed by atoms with van der Waals surface area (Å²) in [5.74, 6) is 0. The maximum absolute atomic E-state index is 9.95. The molecule has 0 amide bonds. The molecule has 96 valence electrons. The van der Waals surface area contributed by atoms with Crippen LogP contribution in [0.4, 0.5) is 0 Å². The summed E-state index contributed by atoms with van der Waals surface area (Å²) in [6, 6.07) is 13.7. The first-order chi connectivity index (χ1) is 8.36. The second-order valence-corrected chi connectivity index (χ2v) is 4.01. The van der Waals surface area contributed by atoms with Crippen LogP contribution in [0.2, 0.25) is 0 Å². The van der Waals surface area contributed by atoms with E-state index in [9.17, 15) is 5.11 Å². The molecule has 1 heterocycles. The van der Waals surface area contributed by atoms with Crippen molar-refractivity contribution in [2.45, 2.75) is 12.6 Å². The monoisotopic (exact) mass is 264 g/mol. The SMILES string of the molecule is OC(C[NH2+]Cc1ccncc1)c1ccccc1.[Cl-]. The zero-order chi connectivity index (χ0) is 11.9. The average molecular weight is 265 g/mol. The highest BCUT2D eigenvalue weighted by atomic mass is 35.5. The molecule has 0 aliphatic carbocycles. The zero-order valence-corrected chi connectivity index (χ0v) is 10.8. The Morgan fingerprint density at radius 1 is 1.06 bits per heavy atom. The molecule has 0 spiro atoms. The van der Waals surface area contributed by atoms with E-state index >= 15 is 0 Å². The van der Waals surface area contributed by atoms with Crippen LogP contribution in [-0.2, 0) is 6.54 Å². The van der Waals surface area contributed by atoms with E-state index in [-0.39, 0.29) is 12.4 Å². The summed E-state index contributed by atoms with van der Waals surface area (Å²) in [6.45, 7) is 1.54. The Morgan fingerprint density at radius 3 is 2.39 bits per heavy atom. The number of nitrogens with two attached hydrogens (primary N) is 1. The molecule has 3 nitrogen and oxygen atoms in total. The molecular weight excluding hydrogens is 248 g/mol. The highest BCUT2D eigenvalue weighted by molar-refractivity contribution is 5.17. The van der Waals surface area contributed by atoms with Crippen molar-refractivity contribution in [2.75, 3.05) is 6.54 Å². The molecule has 0 fully saturated rings. The number of nitrogens with zero attached hydrogens (tertiary/aromatic N) is 1. The number of aliphatic hydroxyl groups is 1. The van der Waals surface area contributed by atoms with Crippen LogP contribution in [0.3, 0.4) is 0 Å². The van der Waals surface area contributed by atoms with Crippen LogP contribution in [0.5, 0.6) is 0 Å². The molecule has 0 aliphatic heterocycles. The molecular formula is C14H17ClN2O. The van der Waals surface area contributed by atoms with E-state index in [1.165, 1.54) is 5.56 Å². The smallest absolute Gasteiger partial charge is 0.128 e. The van der Waals surface area contributed by atoms with Crippen molar-refractivity contribution >= 4 is 0 Å². The number of quaternary nitrogens is 1. The molecule has 4 heteroatoms. The fourth-order valence-electron chi connectivity index (χ4n) is 1.74. The quantitative estimate of drug-likeness (QED) is 0.649. The van der Waals surface area contributed by atoms with Gasteiger partial charge in [0.1, 0.15) is 19.2 Å². The van der Waals surface area contributed by atoms with E-state index in [0.29, 0.717) is 6.54 Å². The molecule has 2 rings (SSSR count). The fraction of sp³-hybridized carbons (Fsp3) is 0.214. The van der Waals surface area contributed by atoms with E-state index in [0.717, 1.165) is 12.1 Å². The lowest BCUT2D eigenvalue weighted by atomic mass is 10.1. The van der Waals surface area contributed by atoms with Gasteiger partial charge in [-0.15, -0.1) is 0 Å². The lowest BCUT2D eigenvalue weighted by molar-refractivity contribution is -0.677. The van der Waals surface area contributed by atoms with Gasteiger partial charge in [0.05, 0.1) is 0 Å². The van der Waals surface area contributed by atoms with Crippen LogP contribution < -0.4 is 17.7 Å². The van der Waals surface area contributed by atoms with Crippen LogP contribution >= 0.6 is 0 Å². The number of benzene rings is 1. The van der Waals surface area contributed by atoms with Crippen molar-refractivity contribution in [1.82, 2.24) is 4.98 Å². The standard InChI is InChI=1S/C14H16N2O.ClH/c17-14(13-4-2-1-3-5-13)11-16-10-12-6-8-15-9-7-12;/h1-9,14,16-17H,10-11H2;1H. The number of rotatable bonds is 5. The van der Waals surface area contributed by atoms with Crippen LogP contribution in [0.1, 0.15) is 17.2 Å². The Balaban J connectivity index is 0.00000162. The van der Waals surface area contributed by atoms with Crippen molar-refractivity contribution in [3.8, 4) is 0 Å². The predicted molar refractivity (Wildman–Crippen MR) is 66.1 cm³/mol. The van der Waals surface area contributed by atoms with Crippen molar-refractivity contribution in [3.05, 3.63) is 66.0 Å². The topological polar surface area (TPSA) is 49.7 Å². The molecule has 3 N–H and O–H groups in total. The number of halogens is 1.